The smallest absolute Gasteiger partial charge is 0.260 e. The Hall–Kier alpha value is -2.41. The zero-order chi connectivity index (χ0) is 17.3. The van der Waals surface area contributed by atoms with Gasteiger partial charge in [-0.2, -0.15) is 0 Å². The van der Waals surface area contributed by atoms with Crippen molar-refractivity contribution in [2.75, 3.05) is 5.75 Å². The predicted molar refractivity (Wildman–Crippen MR) is 89.9 cm³/mol. The van der Waals surface area contributed by atoms with E-state index in [0.717, 1.165) is 12.3 Å². The minimum Gasteiger partial charge on any atom is -0.348 e. The molecule has 0 spiro atoms. The Balaban J connectivity index is 1.81. The summed E-state index contributed by atoms with van der Waals surface area (Å²) in [6, 6.07) is 8.99. The summed E-state index contributed by atoms with van der Waals surface area (Å²) in [7, 11) is -3.49. The van der Waals surface area contributed by atoms with Gasteiger partial charge in [-0.1, -0.05) is 31.2 Å². The molecular formula is C17H18N2O4S. The molecule has 0 bridgehead atoms. The zero-order valence-corrected chi connectivity index (χ0v) is 14.0. The van der Waals surface area contributed by atoms with Crippen LogP contribution in [-0.4, -0.2) is 31.1 Å². The number of carbonyl (C=O) groups excluding carboxylic acids is 1. The van der Waals surface area contributed by atoms with Gasteiger partial charge in [0.25, 0.3) is 11.5 Å². The molecule has 0 unspecified atom stereocenters. The lowest BCUT2D eigenvalue weighted by molar-refractivity contribution is 0.0937. The number of aromatic nitrogens is 1. The van der Waals surface area contributed by atoms with Crippen molar-refractivity contribution in [1.29, 1.82) is 0 Å². The maximum atomic E-state index is 12.4. The van der Waals surface area contributed by atoms with E-state index in [9.17, 15) is 18.0 Å². The number of aromatic amines is 1. The molecule has 1 aromatic heterocycles. The first-order valence-corrected chi connectivity index (χ1v) is 9.39. The van der Waals surface area contributed by atoms with E-state index in [1.54, 1.807) is 0 Å². The third-order valence-electron chi connectivity index (χ3n) is 4.25. The van der Waals surface area contributed by atoms with Crippen LogP contribution in [0.4, 0.5) is 0 Å². The molecule has 2 N–H and O–H groups in total. The molecule has 6 nitrogen and oxygen atoms in total. The van der Waals surface area contributed by atoms with E-state index in [-0.39, 0.29) is 22.3 Å². The lowest BCUT2D eigenvalue weighted by Gasteiger charge is -2.12. The van der Waals surface area contributed by atoms with Crippen molar-refractivity contribution in [2.45, 2.75) is 30.7 Å². The van der Waals surface area contributed by atoms with Crippen molar-refractivity contribution in [3.05, 3.63) is 63.6 Å². The molecule has 0 saturated heterocycles. The number of fused-ring (bicyclic) bond motifs is 1. The second-order valence-electron chi connectivity index (χ2n) is 5.83. The van der Waals surface area contributed by atoms with Gasteiger partial charge in [-0.25, -0.2) is 8.42 Å². The van der Waals surface area contributed by atoms with Crippen LogP contribution in [0.3, 0.4) is 0 Å². The second kappa shape index (κ2) is 6.24. The summed E-state index contributed by atoms with van der Waals surface area (Å²) in [5, 5.41) is 2.83. The normalized spacial score (nSPS) is 14.4. The molecule has 24 heavy (non-hydrogen) atoms. The molecule has 126 valence electrons. The van der Waals surface area contributed by atoms with Gasteiger partial charge in [-0.05, 0) is 30.0 Å². The Morgan fingerprint density at radius 3 is 2.46 bits per heavy atom. The third-order valence-corrected chi connectivity index (χ3v) is 5.96. The Labute approximate surface area is 139 Å². The van der Waals surface area contributed by atoms with Crippen molar-refractivity contribution in [3.63, 3.8) is 0 Å². The van der Waals surface area contributed by atoms with Gasteiger partial charge >= 0.3 is 0 Å². The quantitative estimate of drug-likeness (QED) is 0.865. The van der Waals surface area contributed by atoms with E-state index in [1.807, 2.05) is 24.3 Å². The van der Waals surface area contributed by atoms with Crippen molar-refractivity contribution in [1.82, 2.24) is 10.3 Å². The van der Waals surface area contributed by atoms with Crippen LogP contribution >= 0.6 is 0 Å². The zero-order valence-electron chi connectivity index (χ0n) is 13.2. The van der Waals surface area contributed by atoms with Crippen LogP contribution in [-0.2, 0) is 22.7 Å². The van der Waals surface area contributed by atoms with Gasteiger partial charge < -0.3 is 10.3 Å². The first-order valence-electron chi connectivity index (χ1n) is 7.74. The maximum Gasteiger partial charge on any atom is 0.260 e. The average molecular weight is 346 g/mol. The van der Waals surface area contributed by atoms with E-state index < -0.39 is 21.3 Å². The molecule has 0 fully saturated rings. The van der Waals surface area contributed by atoms with Crippen LogP contribution < -0.4 is 10.9 Å². The number of hydrogen-bond donors (Lipinski definition) is 2. The molecule has 3 rings (SSSR count). The monoisotopic (exact) mass is 346 g/mol. The number of sulfone groups is 1. The van der Waals surface area contributed by atoms with Crippen molar-refractivity contribution < 1.29 is 13.2 Å². The highest BCUT2D eigenvalue weighted by molar-refractivity contribution is 7.91. The topological polar surface area (TPSA) is 96.1 Å². The molecule has 0 saturated carbocycles. The molecular weight excluding hydrogens is 328 g/mol. The molecule has 7 heteroatoms. The fourth-order valence-electron chi connectivity index (χ4n) is 2.90. The van der Waals surface area contributed by atoms with Crippen LogP contribution in [0.2, 0.25) is 0 Å². The summed E-state index contributed by atoms with van der Waals surface area (Å²) in [6.07, 6.45) is 2.53. The summed E-state index contributed by atoms with van der Waals surface area (Å²) >= 11 is 0. The number of pyridine rings is 1. The molecule has 0 aliphatic heterocycles. The number of carbonyl (C=O) groups is 1. The van der Waals surface area contributed by atoms with Crippen LogP contribution in [0.5, 0.6) is 0 Å². The van der Waals surface area contributed by atoms with Crippen LogP contribution in [0.25, 0.3) is 0 Å². The van der Waals surface area contributed by atoms with E-state index >= 15 is 0 Å². The molecule has 0 atom stereocenters. The third kappa shape index (κ3) is 3.12. The molecule has 1 aliphatic rings. The fourth-order valence-corrected chi connectivity index (χ4v) is 3.77. The first kappa shape index (κ1) is 16.4. The maximum absolute atomic E-state index is 12.4. The first-order chi connectivity index (χ1) is 11.4. The summed E-state index contributed by atoms with van der Waals surface area (Å²) < 4.78 is 23.9. The van der Waals surface area contributed by atoms with Gasteiger partial charge in [0.1, 0.15) is 5.56 Å². The number of rotatable bonds is 4. The van der Waals surface area contributed by atoms with Crippen LogP contribution in [0.1, 0.15) is 28.4 Å². The fraction of sp³-hybridized carbons (Fsp3) is 0.294. The van der Waals surface area contributed by atoms with Gasteiger partial charge in [0.15, 0.2) is 9.84 Å². The minimum atomic E-state index is -3.49. The lowest BCUT2D eigenvalue weighted by atomic mass is 10.1. The summed E-state index contributed by atoms with van der Waals surface area (Å²) in [5.41, 5.74) is 1.58. The van der Waals surface area contributed by atoms with Crippen molar-refractivity contribution in [2.24, 2.45) is 0 Å². The number of benzene rings is 1. The van der Waals surface area contributed by atoms with Crippen LogP contribution in [0.15, 0.2) is 46.2 Å². The van der Waals surface area contributed by atoms with Gasteiger partial charge in [0.05, 0.1) is 10.6 Å². The molecule has 2 aromatic rings. The van der Waals surface area contributed by atoms with Crippen molar-refractivity contribution >= 4 is 15.7 Å². The highest BCUT2D eigenvalue weighted by Crippen LogP contribution is 2.21. The minimum absolute atomic E-state index is 0.0514. The van der Waals surface area contributed by atoms with Crippen molar-refractivity contribution in [3.8, 4) is 0 Å². The van der Waals surface area contributed by atoms with Gasteiger partial charge in [-0.15, -0.1) is 0 Å². The Morgan fingerprint density at radius 2 is 1.88 bits per heavy atom. The average Bonchev–Trinajstić information content (AvgIpc) is 2.97. The molecule has 1 aliphatic carbocycles. The van der Waals surface area contributed by atoms with Gasteiger partial charge in [0, 0.05) is 12.2 Å². The summed E-state index contributed by atoms with van der Waals surface area (Å²) in [4.78, 5) is 26.6. The summed E-state index contributed by atoms with van der Waals surface area (Å²) in [5.74, 6) is -0.653. The largest absolute Gasteiger partial charge is 0.348 e. The van der Waals surface area contributed by atoms with Gasteiger partial charge in [0.2, 0.25) is 0 Å². The lowest BCUT2D eigenvalue weighted by Crippen LogP contribution is -2.38. The highest BCUT2D eigenvalue weighted by atomic mass is 32.2. The Bertz CT molecular complexity index is 922. The molecule has 0 radical (unpaired) electrons. The summed E-state index contributed by atoms with van der Waals surface area (Å²) in [6.45, 7) is 1.51. The van der Waals surface area contributed by atoms with Crippen LogP contribution in [0, 0.1) is 0 Å². The number of amides is 1. The van der Waals surface area contributed by atoms with E-state index in [4.69, 9.17) is 0 Å². The number of nitrogens with one attached hydrogen (secondary N) is 2. The Kier molecular flexibility index (Phi) is 4.28. The predicted octanol–water partition coefficient (Wildman–Crippen LogP) is 1.07. The molecule has 1 heterocycles. The van der Waals surface area contributed by atoms with E-state index in [1.165, 1.54) is 18.1 Å². The van der Waals surface area contributed by atoms with E-state index in [2.05, 4.69) is 10.3 Å². The number of hydrogen-bond acceptors (Lipinski definition) is 4. The molecule has 1 amide bonds. The standard InChI is InChI=1S/C17H18N2O4S/c1-2-24(22,23)14-9-15(16(20)18-10-14)17(21)19-13-7-11-5-3-4-6-12(11)8-13/h3-6,9-10,13H,2,7-8H2,1H3,(H,18,20)(H,19,21). The second-order valence-corrected chi connectivity index (χ2v) is 8.11. The van der Waals surface area contributed by atoms with Gasteiger partial charge in [-0.3, -0.25) is 9.59 Å². The molecule has 1 aromatic carbocycles. The van der Waals surface area contributed by atoms with E-state index in [0.29, 0.717) is 12.8 Å². The highest BCUT2D eigenvalue weighted by Gasteiger charge is 2.24. The Morgan fingerprint density at radius 1 is 1.25 bits per heavy atom. The SMILES string of the molecule is CCS(=O)(=O)c1c[nH]c(=O)c(C(=O)NC2Cc3ccccc3C2)c1. The number of H-pyrrole nitrogens is 1.